The lowest BCUT2D eigenvalue weighted by molar-refractivity contribution is -0.174. The van der Waals surface area contributed by atoms with Crippen molar-refractivity contribution in [3.63, 3.8) is 0 Å². The van der Waals surface area contributed by atoms with Gasteiger partial charge in [0.1, 0.15) is 12.4 Å². The maximum absolute atomic E-state index is 12.5. The molecule has 3 fully saturated rings. The molecule has 1 heterocycles. The second kappa shape index (κ2) is 8.14. The lowest BCUT2D eigenvalue weighted by atomic mass is 9.79. The third kappa shape index (κ3) is 3.76. The number of methoxy groups -OCH3 is 1. The molecule has 150 valence electrons. The van der Waals surface area contributed by atoms with E-state index in [1.165, 1.54) is 6.42 Å². The Labute approximate surface area is 167 Å². The van der Waals surface area contributed by atoms with Gasteiger partial charge in [-0.3, -0.25) is 4.90 Å². The van der Waals surface area contributed by atoms with Crippen molar-refractivity contribution in [3.05, 3.63) is 29.8 Å². The van der Waals surface area contributed by atoms with E-state index in [4.69, 9.17) is 9.47 Å². The van der Waals surface area contributed by atoms with Gasteiger partial charge in [0.15, 0.2) is 5.60 Å². The number of hydrogen-bond acceptors (Lipinski definition) is 4. The summed E-state index contributed by atoms with van der Waals surface area (Å²) in [5.74, 6) is 7.79. The van der Waals surface area contributed by atoms with Gasteiger partial charge in [-0.2, -0.15) is 0 Å². The van der Waals surface area contributed by atoms with Gasteiger partial charge in [0.2, 0.25) is 0 Å². The summed E-state index contributed by atoms with van der Waals surface area (Å²) in [5, 5.41) is 10.2. The summed E-state index contributed by atoms with van der Waals surface area (Å²) in [5.41, 5.74) is -0.665. The number of benzene rings is 1. The molecule has 0 bridgehead atoms. The fourth-order valence-corrected chi connectivity index (χ4v) is 4.96. The molecule has 0 aromatic heterocycles. The Kier molecular flexibility index (Phi) is 5.61. The van der Waals surface area contributed by atoms with Crippen molar-refractivity contribution in [2.24, 2.45) is 17.8 Å². The van der Waals surface area contributed by atoms with Gasteiger partial charge in [-0.15, -0.1) is 0 Å². The molecule has 1 aliphatic heterocycles. The lowest BCUT2D eigenvalue weighted by Crippen LogP contribution is -2.45. The monoisotopic (exact) mass is 383 g/mol. The van der Waals surface area contributed by atoms with Gasteiger partial charge in [-0.25, -0.2) is 4.79 Å². The van der Waals surface area contributed by atoms with Gasteiger partial charge in [-0.1, -0.05) is 36.8 Å². The van der Waals surface area contributed by atoms with Crippen LogP contribution in [0.5, 0.6) is 5.75 Å². The molecule has 5 nitrogen and oxygen atoms in total. The molecule has 1 saturated heterocycles. The van der Waals surface area contributed by atoms with Crippen LogP contribution >= 0.6 is 0 Å². The first-order valence-corrected chi connectivity index (χ1v) is 10.3. The highest BCUT2D eigenvalue weighted by Gasteiger charge is 2.49. The van der Waals surface area contributed by atoms with Crippen molar-refractivity contribution in [2.45, 2.75) is 37.7 Å². The molecule has 1 unspecified atom stereocenters. The number of carbonyl (C=O) groups is 1. The SMILES string of the molecule is COc1ccc(C(OCC#CCN2C[C@H]3C[C@H]3C2)(C(=O)O)C2CCCC2)cc1. The highest BCUT2D eigenvalue weighted by Crippen LogP contribution is 2.45. The first-order chi connectivity index (χ1) is 13.6. The highest BCUT2D eigenvalue weighted by molar-refractivity contribution is 5.80. The number of carboxylic acids is 1. The van der Waals surface area contributed by atoms with Gasteiger partial charge in [0.25, 0.3) is 0 Å². The van der Waals surface area contributed by atoms with Crippen LogP contribution in [0.15, 0.2) is 24.3 Å². The fraction of sp³-hybridized carbons (Fsp3) is 0.609. The summed E-state index contributed by atoms with van der Waals surface area (Å²) in [6, 6.07) is 7.23. The Morgan fingerprint density at radius 2 is 1.86 bits per heavy atom. The topological polar surface area (TPSA) is 59.0 Å². The summed E-state index contributed by atoms with van der Waals surface area (Å²) in [6.07, 6.45) is 5.20. The van der Waals surface area contributed by atoms with E-state index in [0.29, 0.717) is 11.3 Å². The van der Waals surface area contributed by atoms with Gasteiger partial charge >= 0.3 is 5.97 Å². The zero-order chi connectivity index (χ0) is 19.6. The number of fused-ring (bicyclic) bond motifs is 1. The molecule has 1 aromatic rings. The van der Waals surface area contributed by atoms with E-state index >= 15 is 0 Å². The number of piperidine rings is 1. The first-order valence-electron chi connectivity index (χ1n) is 10.3. The zero-order valence-corrected chi connectivity index (χ0v) is 16.5. The van der Waals surface area contributed by atoms with Crippen LogP contribution in [0.3, 0.4) is 0 Å². The van der Waals surface area contributed by atoms with E-state index in [9.17, 15) is 9.90 Å². The second-order valence-electron chi connectivity index (χ2n) is 8.34. The van der Waals surface area contributed by atoms with Gasteiger partial charge < -0.3 is 14.6 Å². The van der Waals surface area contributed by atoms with Gasteiger partial charge in [0, 0.05) is 19.0 Å². The number of nitrogens with zero attached hydrogens (tertiary/aromatic N) is 1. The van der Waals surface area contributed by atoms with Crippen LogP contribution in [0.25, 0.3) is 0 Å². The molecule has 5 heteroatoms. The minimum atomic E-state index is -1.34. The van der Waals surface area contributed by atoms with E-state index in [0.717, 1.165) is 57.2 Å². The first kappa shape index (κ1) is 19.3. The summed E-state index contributed by atoms with van der Waals surface area (Å²) in [4.78, 5) is 14.9. The predicted octanol–water partition coefficient (Wildman–Crippen LogP) is 3.14. The average molecular weight is 383 g/mol. The second-order valence-corrected chi connectivity index (χ2v) is 8.34. The number of hydrogen-bond donors (Lipinski definition) is 1. The van der Waals surface area contributed by atoms with E-state index < -0.39 is 11.6 Å². The molecule has 0 radical (unpaired) electrons. The van der Waals surface area contributed by atoms with E-state index in [-0.39, 0.29) is 12.5 Å². The van der Waals surface area contributed by atoms with Crippen LogP contribution in [0, 0.1) is 29.6 Å². The molecule has 2 aliphatic carbocycles. The van der Waals surface area contributed by atoms with Crippen LogP contribution < -0.4 is 4.74 Å². The fourth-order valence-electron chi connectivity index (χ4n) is 4.96. The van der Waals surface area contributed by atoms with Crippen LogP contribution in [-0.2, 0) is 15.1 Å². The van der Waals surface area contributed by atoms with Crippen molar-refractivity contribution >= 4 is 5.97 Å². The molecule has 28 heavy (non-hydrogen) atoms. The quantitative estimate of drug-likeness (QED) is 0.733. The predicted molar refractivity (Wildman–Crippen MR) is 106 cm³/mol. The number of aliphatic carboxylic acids is 1. The molecule has 2 saturated carbocycles. The lowest BCUT2D eigenvalue weighted by Gasteiger charge is -2.35. The molecule has 1 aromatic carbocycles. The van der Waals surface area contributed by atoms with E-state index in [2.05, 4.69) is 16.7 Å². The summed E-state index contributed by atoms with van der Waals surface area (Å²) >= 11 is 0. The summed E-state index contributed by atoms with van der Waals surface area (Å²) < 4.78 is 11.3. The van der Waals surface area contributed by atoms with Crippen molar-refractivity contribution < 1.29 is 19.4 Å². The molecule has 3 aliphatic rings. The largest absolute Gasteiger partial charge is 0.497 e. The standard InChI is InChI=1S/C23H29NO4/c1-27-21-10-8-20(9-11-21)23(22(25)26,19-6-2-3-7-19)28-13-5-4-12-24-15-17-14-18(17)16-24/h8-11,17-19H,2-3,6-7,12-16H2,1H3,(H,25,26)/t17-,18+,23?. The van der Waals surface area contributed by atoms with Crippen LogP contribution in [-0.4, -0.2) is 49.3 Å². The number of ether oxygens (including phenoxy) is 2. The Hall–Kier alpha value is -2.03. The minimum absolute atomic E-state index is 0.0362. The number of carboxylic acid groups (broad SMARTS) is 1. The maximum Gasteiger partial charge on any atom is 0.341 e. The van der Waals surface area contributed by atoms with Crippen LogP contribution in [0.4, 0.5) is 0 Å². The summed E-state index contributed by atoms with van der Waals surface area (Å²) in [6.45, 7) is 3.21. The Bertz CT molecular complexity index is 749. The van der Waals surface area contributed by atoms with Crippen LogP contribution in [0.2, 0.25) is 0 Å². The van der Waals surface area contributed by atoms with Crippen molar-refractivity contribution in [2.75, 3.05) is 33.4 Å². The minimum Gasteiger partial charge on any atom is -0.497 e. The molecule has 0 amide bonds. The Morgan fingerprint density at radius 1 is 1.18 bits per heavy atom. The third-order valence-corrected chi connectivity index (χ3v) is 6.62. The zero-order valence-electron chi connectivity index (χ0n) is 16.5. The van der Waals surface area contributed by atoms with Gasteiger partial charge in [-0.05, 0) is 48.8 Å². The highest BCUT2D eigenvalue weighted by atomic mass is 16.5. The smallest absolute Gasteiger partial charge is 0.341 e. The van der Waals surface area contributed by atoms with Crippen LogP contribution in [0.1, 0.15) is 37.7 Å². The molecular formula is C23H29NO4. The van der Waals surface area contributed by atoms with Crippen molar-refractivity contribution in [1.29, 1.82) is 0 Å². The maximum atomic E-state index is 12.5. The molecule has 1 N–H and O–H groups in total. The molecular weight excluding hydrogens is 354 g/mol. The molecule has 3 atom stereocenters. The molecule has 4 rings (SSSR count). The number of rotatable bonds is 7. The van der Waals surface area contributed by atoms with Gasteiger partial charge in [0.05, 0.1) is 13.7 Å². The van der Waals surface area contributed by atoms with Crippen molar-refractivity contribution in [3.8, 4) is 17.6 Å². The third-order valence-electron chi connectivity index (χ3n) is 6.62. The summed E-state index contributed by atoms with van der Waals surface area (Å²) in [7, 11) is 1.60. The average Bonchev–Trinajstić information content (AvgIpc) is 3.10. The van der Waals surface area contributed by atoms with E-state index in [1.54, 1.807) is 19.2 Å². The number of likely N-dealkylation sites (tertiary alicyclic amines) is 1. The Morgan fingerprint density at radius 3 is 2.46 bits per heavy atom. The Balaban J connectivity index is 1.47. The molecule has 0 spiro atoms. The normalized spacial score (nSPS) is 26.2. The van der Waals surface area contributed by atoms with E-state index in [1.807, 2.05) is 12.1 Å². The van der Waals surface area contributed by atoms with Crippen molar-refractivity contribution in [1.82, 2.24) is 4.90 Å².